The van der Waals surface area contributed by atoms with Crippen LogP contribution in [0.15, 0.2) is 12.2 Å². The molecular weight excluding hydrogens is 328 g/mol. The molecule has 4 fully saturated rings. The minimum atomic E-state index is -0.774. The van der Waals surface area contributed by atoms with Crippen molar-refractivity contribution in [3.63, 3.8) is 0 Å². The first-order chi connectivity index (χ1) is 12.0. The summed E-state index contributed by atoms with van der Waals surface area (Å²) >= 11 is 0. The van der Waals surface area contributed by atoms with E-state index in [9.17, 15) is 14.7 Å². The fourth-order valence-electron chi connectivity index (χ4n) is 7.78. The molecule has 0 radical (unpaired) electrons. The number of rotatable bonds is 1. The van der Waals surface area contributed by atoms with Crippen molar-refractivity contribution in [1.82, 2.24) is 0 Å². The topological polar surface area (TPSA) is 63.6 Å². The molecule has 0 aromatic heterocycles. The third-order valence-corrected chi connectivity index (χ3v) is 8.58. The second-order valence-corrected chi connectivity index (χ2v) is 10.3. The molecule has 26 heavy (non-hydrogen) atoms. The lowest BCUT2D eigenvalue weighted by molar-refractivity contribution is -0.230. The van der Waals surface area contributed by atoms with Crippen LogP contribution in [0, 0.1) is 34.0 Å². The maximum absolute atomic E-state index is 13.5. The fourth-order valence-corrected chi connectivity index (χ4v) is 7.78. The van der Waals surface area contributed by atoms with Gasteiger partial charge in [-0.15, -0.1) is 0 Å². The second-order valence-electron chi connectivity index (χ2n) is 10.3. The Morgan fingerprint density at radius 1 is 1.23 bits per heavy atom. The highest BCUT2D eigenvalue weighted by molar-refractivity contribution is 6.03. The molecule has 0 saturated heterocycles. The Kier molecular flexibility index (Phi) is 3.81. The Balaban J connectivity index is 1.89. The summed E-state index contributed by atoms with van der Waals surface area (Å²) < 4.78 is 5.82. The molecular formula is C22H32O4. The van der Waals surface area contributed by atoms with E-state index in [4.69, 9.17) is 4.74 Å². The van der Waals surface area contributed by atoms with Crippen LogP contribution < -0.4 is 0 Å². The summed E-state index contributed by atoms with van der Waals surface area (Å²) in [6, 6.07) is 0. The van der Waals surface area contributed by atoms with Gasteiger partial charge in [0.2, 0.25) is 0 Å². The molecule has 1 N–H and O–H groups in total. The molecule has 7 atom stereocenters. The van der Waals surface area contributed by atoms with Crippen LogP contribution in [0.5, 0.6) is 0 Å². The van der Waals surface area contributed by atoms with Crippen LogP contribution in [0.3, 0.4) is 0 Å². The van der Waals surface area contributed by atoms with Crippen molar-refractivity contribution >= 4 is 11.8 Å². The Bertz CT molecular complexity index is 680. The van der Waals surface area contributed by atoms with E-state index in [0.717, 1.165) is 25.7 Å². The van der Waals surface area contributed by atoms with Crippen LogP contribution in [0.1, 0.15) is 66.2 Å². The van der Waals surface area contributed by atoms with Gasteiger partial charge in [0.15, 0.2) is 5.78 Å². The molecule has 0 heterocycles. The number of carbonyl (C=O) groups is 2. The lowest BCUT2D eigenvalue weighted by atomic mass is 9.40. The molecule has 4 aliphatic rings. The Hall–Kier alpha value is -1.16. The summed E-state index contributed by atoms with van der Waals surface area (Å²) in [6.07, 6.45) is 4.34. The van der Waals surface area contributed by atoms with Crippen molar-refractivity contribution in [2.75, 3.05) is 0 Å². The summed E-state index contributed by atoms with van der Waals surface area (Å²) in [5.74, 6) is -0.0681. The molecule has 144 valence electrons. The van der Waals surface area contributed by atoms with Gasteiger partial charge in [-0.2, -0.15) is 0 Å². The lowest BCUT2D eigenvalue weighted by Gasteiger charge is -2.65. The molecule has 0 aromatic carbocycles. The average molecular weight is 360 g/mol. The quantitative estimate of drug-likeness (QED) is 0.572. The van der Waals surface area contributed by atoms with E-state index in [1.165, 1.54) is 6.92 Å². The minimum absolute atomic E-state index is 0.0311. The average Bonchev–Trinajstić information content (AvgIpc) is 2.71. The van der Waals surface area contributed by atoms with Gasteiger partial charge in [-0.3, -0.25) is 9.59 Å². The van der Waals surface area contributed by atoms with Crippen LogP contribution in [0.2, 0.25) is 0 Å². The van der Waals surface area contributed by atoms with E-state index in [1.807, 2.05) is 0 Å². The number of aliphatic hydroxyl groups excluding tert-OH is 1. The molecule has 7 unspecified atom stereocenters. The van der Waals surface area contributed by atoms with E-state index in [0.29, 0.717) is 24.3 Å². The number of allylic oxidation sites excluding steroid dienone is 1. The van der Waals surface area contributed by atoms with Crippen molar-refractivity contribution in [2.45, 2.75) is 78.4 Å². The molecule has 4 rings (SSSR count). The first-order valence-electron chi connectivity index (χ1n) is 10.1. The van der Waals surface area contributed by atoms with Gasteiger partial charge in [0.1, 0.15) is 6.10 Å². The third-order valence-electron chi connectivity index (χ3n) is 8.58. The van der Waals surface area contributed by atoms with Gasteiger partial charge in [0.05, 0.1) is 11.5 Å². The van der Waals surface area contributed by atoms with Gasteiger partial charge in [-0.1, -0.05) is 33.8 Å². The number of hydrogen-bond donors (Lipinski definition) is 1. The van der Waals surface area contributed by atoms with E-state index >= 15 is 0 Å². The largest absolute Gasteiger partial charge is 0.461 e. The predicted molar refractivity (Wildman–Crippen MR) is 98.2 cm³/mol. The van der Waals surface area contributed by atoms with Crippen molar-refractivity contribution < 1.29 is 19.4 Å². The number of carbonyl (C=O) groups excluding carboxylic acids is 2. The van der Waals surface area contributed by atoms with E-state index in [2.05, 4.69) is 27.4 Å². The fraction of sp³-hybridized carbons (Fsp3) is 0.818. The van der Waals surface area contributed by atoms with Gasteiger partial charge in [-0.05, 0) is 60.3 Å². The number of esters is 1. The van der Waals surface area contributed by atoms with Crippen molar-refractivity contribution in [3.8, 4) is 0 Å². The number of hydrogen-bond acceptors (Lipinski definition) is 4. The minimum Gasteiger partial charge on any atom is -0.461 e. The molecule has 4 heteroatoms. The highest BCUT2D eigenvalue weighted by atomic mass is 16.5. The molecule has 1 spiro atoms. The molecule has 2 bridgehead atoms. The normalized spacial score (nSPS) is 49.3. The maximum Gasteiger partial charge on any atom is 0.302 e. The number of ketones is 1. The lowest BCUT2D eigenvalue weighted by Crippen LogP contribution is -2.66. The summed E-state index contributed by atoms with van der Waals surface area (Å²) in [4.78, 5) is 25.4. The van der Waals surface area contributed by atoms with Gasteiger partial charge in [-0.25, -0.2) is 0 Å². The number of Topliss-reactive ketones (excluding diaryl/α,β-unsaturated/α-hetero) is 1. The Morgan fingerprint density at radius 3 is 2.58 bits per heavy atom. The van der Waals surface area contributed by atoms with E-state index < -0.39 is 17.6 Å². The zero-order valence-corrected chi connectivity index (χ0v) is 16.5. The second kappa shape index (κ2) is 5.43. The summed E-state index contributed by atoms with van der Waals surface area (Å²) in [5.41, 5.74) is -0.129. The number of aliphatic hydroxyl groups is 1. The smallest absolute Gasteiger partial charge is 0.302 e. The summed E-state index contributed by atoms with van der Waals surface area (Å²) in [6.45, 7) is 12.4. The summed E-state index contributed by atoms with van der Waals surface area (Å²) in [5, 5.41) is 11.2. The standard InChI is InChI=1S/C22H32O4/c1-12-14-9-15(24)18-21(5)8-6-7-20(3,4)16(21)10-17(26-13(2)23)22(18,11-14)19(12)25/h14-18,24H,1,6-11H2,2-5H3. The molecule has 4 saturated carbocycles. The first-order valence-corrected chi connectivity index (χ1v) is 10.1. The van der Waals surface area contributed by atoms with Gasteiger partial charge < -0.3 is 9.84 Å². The third kappa shape index (κ3) is 2.11. The van der Waals surface area contributed by atoms with Crippen molar-refractivity contribution in [3.05, 3.63) is 12.2 Å². The van der Waals surface area contributed by atoms with Gasteiger partial charge in [0.25, 0.3) is 0 Å². The van der Waals surface area contributed by atoms with E-state index in [1.54, 1.807) is 0 Å². The zero-order chi connectivity index (χ0) is 19.1. The maximum atomic E-state index is 13.5. The molecule has 0 aliphatic heterocycles. The van der Waals surface area contributed by atoms with Crippen LogP contribution in [-0.4, -0.2) is 29.1 Å². The zero-order valence-electron chi connectivity index (χ0n) is 16.5. The van der Waals surface area contributed by atoms with E-state index in [-0.39, 0.29) is 34.4 Å². The van der Waals surface area contributed by atoms with Crippen molar-refractivity contribution in [2.24, 2.45) is 34.0 Å². The predicted octanol–water partition coefficient (Wildman–Crippen LogP) is 3.67. The highest BCUT2D eigenvalue weighted by Crippen LogP contribution is 2.71. The molecule has 4 aliphatic carbocycles. The van der Waals surface area contributed by atoms with Crippen LogP contribution in [0.4, 0.5) is 0 Å². The van der Waals surface area contributed by atoms with Crippen molar-refractivity contribution in [1.29, 1.82) is 0 Å². The molecule has 4 nitrogen and oxygen atoms in total. The van der Waals surface area contributed by atoms with Crippen LogP contribution in [-0.2, 0) is 14.3 Å². The monoisotopic (exact) mass is 360 g/mol. The van der Waals surface area contributed by atoms with Crippen LogP contribution in [0.25, 0.3) is 0 Å². The molecule has 0 aromatic rings. The van der Waals surface area contributed by atoms with Gasteiger partial charge >= 0.3 is 5.97 Å². The highest BCUT2D eigenvalue weighted by Gasteiger charge is 2.73. The molecule has 0 amide bonds. The first kappa shape index (κ1) is 18.2. The SMILES string of the molecule is C=C1C(=O)C23CC1CC(O)C2C1(C)CCCC(C)(C)C1CC3OC(C)=O. The number of ether oxygens (including phenoxy) is 1. The van der Waals surface area contributed by atoms with Gasteiger partial charge in [0, 0.05) is 12.8 Å². The van der Waals surface area contributed by atoms with Crippen LogP contribution >= 0.6 is 0 Å². The number of fused-ring (bicyclic) bond motifs is 3. The summed E-state index contributed by atoms with van der Waals surface area (Å²) in [7, 11) is 0. The Labute approximate surface area is 156 Å². The Morgan fingerprint density at radius 2 is 1.92 bits per heavy atom.